The predicted octanol–water partition coefficient (Wildman–Crippen LogP) is 5.08. The maximum absolute atomic E-state index is 12.6. The van der Waals surface area contributed by atoms with Crippen molar-refractivity contribution in [2.75, 3.05) is 12.4 Å². The molecule has 0 bridgehead atoms. The van der Waals surface area contributed by atoms with Crippen molar-refractivity contribution in [3.8, 4) is 0 Å². The number of nitrogens with zero attached hydrogens (tertiary/aromatic N) is 1. The zero-order chi connectivity index (χ0) is 15.5. The first-order valence-corrected chi connectivity index (χ1v) is 6.89. The number of alkyl halides is 3. The molecular weight excluding hydrogens is 345 g/mol. The molecule has 0 atom stereocenters. The topological polar surface area (TPSA) is 24.9 Å². The second-order valence-electron chi connectivity index (χ2n) is 4.23. The van der Waals surface area contributed by atoms with E-state index >= 15 is 0 Å². The first kappa shape index (κ1) is 15.6. The standard InChI is InChI=1S/C15H12BrF3N2/c1-20-13-6-3-5-12(16)11(13)9-8-10-4-2-7-14(21-10)15(17,18)19/h2-9,20H,1H3/b9-8+. The molecule has 1 aromatic heterocycles. The SMILES string of the molecule is CNc1cccc(Br)c1/C=C/c1cccc(C(F)(F)F)n1. The lowest BCUT2D eigenvalue weighted by Crippen LogP contribution is -2.07. The molecule has 21 heavy (non-hydrogen) atoms. The maximum atomic E-state index is 12.6. The fourth-order valence-electron chi connectivity index (χ4n) is 1.80. The smallest absolute Gasteiger partial charge is 0.388 e. The second-order valence-corrected chi connectivity index (χ2v) is 5.08. The van der Waals surface area contributed by atoms with Crippen molar-refractivity contribution in [1.29, 1.82) is 0 Å². The summed E-state index contributed by atoms with van der Waals surface area (Å²) in [6, 6.07) is 9.44. The molecule has 1 aromatic carbocycles. The van der Waals surface area contributed by atoms with Crippen LogP contribution in [0.5, 0.6) is 0 Å². The molecule has 0 aliphatic rings. The Bertz CT molecular complexity index is 666. The number of nitrogens with one attached hydrogen (secondary N) is 1. The Morgan fingerprint density at radius 1 is 1.10 bits per heavy atom. The molecule has 0 radical (unpaired) electrons. The molecule has 1 heterocycles. The summed E-state index contributed by atoms with van der Waals surface area (Å²) >= 11 is 3.42. The predicted molar refractivity (Wildman–Crippen MR) is 81.9 cm³/mol. The average Bonchev–Trinajstić information content (AvgIpc) is 2.45. The summed E-state index contributed by atoms with van der Waals surface area (Å²) < 4.78 is 38.7. The van der Waals surface area contributed by atoms with Crippen molar-refractivity contribution in [1.82, 2.24) is 4.98 Å². The van der Waals surface area contributed by atoms with E-state index in [1.54, 1.807) is 19.2 Å². The number of aromatic nitrogens is 1. The van der Waals surface area contributed by atoms with Crippen LogP contribution in [0.15, 0.2) is 40.9 Å². The fourth-order valence-corrected chi connectivity index (χ4v) is 2.29. The number of rotatable bonds is 3. The lowest BCUT2D eigenvalue weighted by molar-refractivity contribution is -0.141. The Balaban J connectivity index is 2.35. The minimum atomic E-state index is -4.44. The van der Waals surface area contributed by atoms with Gasteiger partial charge < -0.3 is 5.32 Å². The minimum absolute atomic E-state index is 0.252. The van der Waals surface area contributed by atoms with Crippen LogP contribution < -0.4 is 5.32 Å². The van der Waals surface area contributed by atoms with Gasteiger partial charge in [0, 0.05) is 22.8 Å². The molecule has 0 unspecified atom stereocenters. The third-order valence-electron chi connectivity index (χ3n) is 2.80. The summed E-state index contributed by atoms with van der Waals surface area (Å²) in [4.78, 5) is 3.60. The monoisotopic (exact) mass is 356 g/mol. The number of hydrogen-bond acceptors (Lipinski definition) is 2. The van der Waals surface area contributed by atoms with E-state index in [1.807, 2.05) is 18.2 Å². The summed E-state index contributed by atoms with van der Waals surface area (Å²) in [7, 11) is 1.78. The normalized spacial score (nSPS) is 11.9. The molecule has 110 valence electrons. The van der Waals surface area contributed by atoms with Gasteiger partial charge in [0.05, 0.1) is 5.69 Å². The molecule has 0 aliphatic heterocycles. The number of anilines is 1. The molecule has 0 saturated heterocycles. The third kappa shape index (κ3) is 3.85. The van der Waals surface area contributed by atoms with Gasteiger partial charge in [0.1, 0.15) is 5.69 Å². The average molecular weight is 357 g/mol. The summed E-state index contributed by atoms with van der Waals surface area (Å²) in [6.07, 6.45) is -1.16. The lowest BCUT2D eigenvalue weighted by Gasteiger charge is -2.08. The van der Waals surface area contributed by atoms with Crippen molar-refractivity contribution < 1.29 is 13.2 Å². The minimum Gasteiger partial charge on any atom is -0.388 e. The maximum Gasteiger partial charge on any atom is 0.433 e. The van der Waals surface area contributed by atoms with Crippen molar-refractivity contribution in [2.24, 2.45) is 0 Å². The second kappa shape index (κ2) is 6.30. The highest BCUT2D eigenvalue weighted by molar-refractivity contribution is 9.10. The van der Waals surface area contributed by atoms with Crippen molar-refractivity contribution in [3.63, 3.8) is 0 Å². The highest BCUT2D eigenvalue weighted by atomic mass is 79.9. The van der Waals surface area contributed by atoms with Gasteiger partial charge in [-0.05, 0) is 36.4 Å². The van der Waals surface area contributed by atoms with E-state index < -0.39 is 11.9 Å². The van der Waals surface area contributed by atoms with E-state index in [0.717, 1.165) is 21.8 Å². The van der Waals surface area contributed by atoms with Crippen LogP contribution in [-0.2, 0) is 6.18 Å². The molecule has 2 nitrogen and oxygen atoms in total. The number of halogens is 4. The van der Waals surface area contributed by atoms with E-state index in [4.69, 9.17) is 0 Å². The van der Waals surface area contributed by atoms with Crippen LogP contribution >= 0.6 is 15.9 Å². The van der Waals surface area contributed by atoms with Gasteiger partial charge in [0.15, 0.2) is 0 Å². The van der Waals surface area contributed by atoms with Gasteiger partial charge in [-0.15, -0.1) is 0 Å². The van der Waals surface area contributed by atoms with Crippen LogP contribution in [0, 0.1) is 0 Å². The van der Waals surface area contributed by atoms with Gasteiger partial charge in [-0.3, -0.25) is 0 Å². The van der Waals surface area contributed by atoms with Crippen LogP contribution in [0.25, 0.3) is 12.2 Å². The first-order valence-electron chi connectivity index (χ1n) is 6.10. The Morgan fingerprint density at radius 3 is 2.48 bits per heavy atom. The summed E-state index contributed by atoms with van der Waals surface area (Å²) in [5.74, 6) is 0. The van der Waals surface area contributed by atoms with Crippen LogP contribution in [0.1, 0.15) is 17.0 Å². The molecule has 2 aromatic rings. The van der Waals surface area contributed by atoms with E-state index in [2.05, 4.69) is 26.2 Å². The van der Waals surface area contributed by atoms with Crippen molar-refractivity contribution in [3.05, 3.63) is 57.8 Å². The quantitative estimate of drug-likeness (QED) is 0.829. The van der Waals surface area contributed by atoms with E-state index in [-0.39, 0.29) is 5.69 Å². The van der Waals surface area contributed by atoms with Gasteiger partial charge in [-0.2, -0.15) is 13.2 Å². The fraction of sp³-hybridized carbons (Fsp3) is 0.133. The Morgan fingerprint density at radius 2 is 1.81 bits per heavy atom. The van der Waals surface area contributed by atoms with Crippen molar-refractivity contribution in [2.45, 2.75) is 6.18 Å². The van der Waals surface area contributed by atoms with Crippen LogP contribution in [0.3, 0.4) is 0 Å². The number of benzene rings is 1. The van der Waals surface area contributed by atoms with Gasteiger partial charge >= 0.3 is 6.18 Å². The van der Waals surface area contributed by atoms with Gasteiger partial charge in [-0.1, -0.05) is 28.1 Å². The summed E-state index contributed by atoms with van der Waals surface area (Å²) in [5.41, 5.74) is 1.07. The molecule has 0 aliphatic carbocycles. The zero-order valence-electron chi connectivity index (χ0n) is 11.1. The largest absolute Gasteiger partial charge is 0.433 e. The van der Waals surface area contributed by atoms with E-state index in [1.165, 1.54) is 12.1 Å². The third-order valence-corrected chi connectivity index (χ3v) is 3.50. The summed E-state index contributed by atoms with van der Waals surface area (Å²) in [6.45, 7) is 0. The van der Waals surface area contributed by atoms with Gasteiger partial charge in [0.25, 0.3) is 0 Å². The Kier molecular flexibility index (Phi) is 4.67. The molecule has 1 N–H and O–H groups in total. The van der Waals surface area contributed by atoms with Gasteiger partial charge in [0.2, 0.25) is 0 Å². The molecular formula is C15H12BrF3N2. The Labute approximate surface area is 128 Å². The molecule has 2 rings (SSSR count). The lowest BCUT2D eigenvalue weighted by atomic mass is 10.1. The molecule has 6 heteroatoms. The molecule has 0 spiro atoms. The van der Waals surface area contributed by atoms with Crippen LogP contribution in [-0.4, -0.2) is 12.0 Å². The van der Waals surface area contributed by atoms with Crippen molar-refractivity contribution >= 4 is 33.8 Å². The highest BCUT2D eigenvalue weighted by Gasteiger charge is 2.32. The van der Waals surface area contributed by atoms with Crippen LogP contribution in [0.4, 0.5) is 18.9 Å². The Hall–Kier alpha value is -1.82. The molecule has 0 amide bonds. The van der Waals surface area contributed by atoms with Gasteiger partial charge in [-0.25, -0.2) is 4.98 Å². The molecule has 0 saturated carbocycles. The van der Waals surface area contributed by atoms with E-state index in [9.17, 15) is 13.2 Å². The zero-order valence-corrected chi connectivity index (χ0v) is 12.7. The summed E-state index contributed by atoms with van der Waals surface area (Å²) in [5, 5.41) is 3.03. The first-order chi connectivity index (χ1) is 9.91. The van der Waals surface area contributed by atoms with Crippen LogP contribution in [0.2, 0.25) is 0 Å². The number of pyridine rings is 1. The molecule has 0 fully saturated rings. The highest BCUT2D eigenvalue weighted by Crippen LogP contribution is 2.29. The van der Waals surface area contributed by atoms with E-state index in [0.29, 0.717) is 0 Å². The number of hydrogen-bond donors (Lipinski definition) is 1.